The minimum absolute atomic E-state index is 0.222. The van der Waals surface area contributed by atoms with Gasteiger partial charge in [-0.2, -0.15) is 0 Å². The van der Waals surface area contributed by atoms with E-state index in [0.717, 1.165) is 24.4 Å². The number of hydrogen-bond acceptors (Lipinski definition) is 4. The van der Waals surface area contributed by atoms with Crippen LogP contribution in [0.15, 0.2) is 24.3 Å². The van der Waals surface area contributed by atoms with E-state index in [4.69, 9.17) is 9.47 Å². The maximum Gasteiger partial charge on any atom is 0.412 e. The van der Waals surface area contributed by atoms with Gasteiger partial charge in [0.05, 0.1) is 19.3 Å². The van der Waals surface area contributed by atoms with E-state index in [1.165, 1.54) is 0 Å². The Kier molecular flexibility index (Phi) is 4.62. The maximum absolute atomic E-state index is 11.6. The molecular weight excluding hydrogens is 256 g/mol. The van der Waals surface area contributed by atoms with Crippen molar-refractivity contribution < 1.29 is 14.3 Å². The Hall–Kier alpha value is -1.59. The number of amides is 1. The number of benzene rings is 1. The van der Waals surface area contributed by atoms with Crippen LogP contribution in [0.4, 0.5) is 10.5 Å². The lowest BCUT2D eigenvalue weighted by Crippen LogP contribution is -2.34. The van der Waals surface area contributed by atoms with Crippen LogP contribution in [-0.4, -0.2) is 31.5 Å². The van der Waals surface area contributed by atoms with Crippen LogP contribution in [0.5, 0.6) is 0 Å². The van der Waals surface area contributed by atoms with Crippen LogP contribution in [0.2, 0.25) is 0 Å². The van der Waals surface area contributed by atoms with E-state index in [1.54, 1.807) is 0 Å². The molecule has 1 aliphatic rings. The standard InChI is InChI=1S/C15H22N2O3/c1-15(2,3)20-14(18)17-12-6-4-11(5-7-12)13-10-19-9-8-16-13/h4-7,13,16H,8-10H2,1-3H3,(H,17,18). The fraction of sp³-hybridized carbons (Fsp3) is 0.533. The first-order valence-electron chi connectivity index (χ1n) is 6.85. The van der Waals surface area contributed by atoms with Crippen molar-refractivity contribution in [3.63, 3.8) is 0 Å². The lowest BCUT2D eigenvalue weighted by Gasteiger charge is -2.24. The minimum Gasteiger partial charge on any atom is -0.444 e. The van der Waals surface area contributed by atoms with Crippen LogP contribution in [-0.2, 0) is 9.47 Å². The quantitative estimate of drug-likeness (QED) is 0.873. The van der Waals surface area contributed by atoms with Crippen LogP contribution in [0.1, 0.15) is 32.4 Å². The largest absolute Gasteiger partial charge is 0.444 e. The van der Waals surface area contributed by atoms with Gasteiger partial charge in [-0.25, -0.2) is 4.79 Å². The highest BCUT2D eigenvalue weighted by atomic mass is 16.6. The number of carbonyl (C=O) groups is 1. The van der Waals surface area contributed by atoms with Crippen LogP contribution >= 0.6 is 0 Å². The summed E-state index contributed by atoms with van der Waals surface area (Å²) in [6.07, 6.45) is -0.440. The SMILES string of the molecule is CC(C)(C)OC(=O)Nc1ccc(C2COCCN2)cc1. The molecule has 1 saturated heterocycles. The molecule has 110 valence electrons. The summed E-state index contributed by atoms with van der Waals surface area (Å²) in [5.74, 6) is 0. The second-order valence-electron chi connectivity index (χ2n) is 5.83. The van der Waals surface area contributed by atoms with E-state index in [0.29, 0.717) is 6.61 Å². The molecule has 1 aromatic rings. The monoisotopic (exact) mass is 278 g/mol. The van der Waals surface area contributed by atoms with Gasteiger partial charge in [-0.3, -0.25) is 5.32 Å². The molecule has 2 N–H and O–H groups in total. The van der Waals surface area contributed by atoms with E-state index in [-0.39, 0.29) is 6.04 Å². The summed E-state index contributed by atoms with van der Waals surface area (Å²) in [5.41, 5.74) is 1.38. The lowest BCUT2D eigenvalue weighted by atomic mass is 10.1. The highest BCUT2D eigenvalue weighted by molar-refractivity contribution is 5.84. The second kappa shape index (κ2) is 6.24. The zero-order valence-electron chi connectivity index (χ0n) is 12.2. The predicted octanol–water partition coefficient (Wildman–Crippen LogP) is 2.69. The Labute approximate surface area is 119 Å². The minimum atomic E-state index is -0.493. The Bertz CT molecular complexity index is 445. The molecule has 1 atom stereocenters. The molecule has 1 aromatic carbocycles. The number of nitrogens with one attached hydrogen (secondary N) is 2. The van der Waals surface area contributed by atoms with Crippen LogP contribution in [0, 0.1) is 0 Å². The van der Waals surface area contributed by atoms with Gasteiger partial charge in [0, 0.05) is 12.2 Å². The number of anilines is 1. The molecule has 1 amide bonds. The molecule has 0 radical (unpaired) electrons. The number of carbonyl (C=O) groups excluding carboxylic acids is 1. The van der Waals surface area contributed by atoms with Crippen molar-refractivity contribution in [1.82, 2.24) is 5.32 Å². The van der Waals surface area contributed by atoms with Gasteiger partial charge in [0.2, 0.25) is 0 Å². The van der Waals surface area contributed by atoms with Crippen LogP contribution in [0.3, 0.4) is 0 Å². The van der Waals surface area contributed by atoms with Crippen LogP contribution < -0.4 is 10.6 Å². The Morgan fingerprint density at radius 3 is 2.60 bits per heavy atom. The Morgan fingerprint density at radius 2 is 2.05 bits per heavy atom. The molecule has 0 aliphatic carbocycles. The fourth-order valence-electron chi connectivity index (χ4n) is 2.00. The second-order valence-corrected chi connectivity index (χ2v) is 5.83. The van der Waals surface area contributed by atoms with Crippen molar-refractivity contribution in [3.05, 3.63) is 29.8 Å². The van der Waals surface area contributed by atoms with Gasteiger partial charge in [-0.15, -0.1) is 0 Å². The molecule has 5 heteroatoms. The summed E-state index contributed by atoms with van der Waals surface area (Å²) < 4.78 is 10.6. The van der Waals surface area contributed by atoms with Crippen molar-refractivity contribution >= 4 is 11.8 Å². The molecule has 0 spiro atoms. The maximum atomic E-state index is 11.6. The van der Waals surface area contributed by atoms with Crippen molar-refractivity contribution in [1.29, 1.82) is 0 Å². The molecule has 0 saturated carbocycles. The van der Waals surface area contributed by atoms with Gasteiger partial charge >= 0.3 is 6.09 Å². The highest BCUT2D eigenvalue weighted by Crippen LogP contribution is 2.19. The van der Waals surface area contributed by atoms with E-state index in [1.807, 2.05) is 45.0 Å². The van der Waals surface area contributed by atoms with E-state index >= 15 is 0 Å². The average Bonchev–Trinajstić information content (AvgIpc) is 2.38. The van der Waals surface area contributed by atoms with Crippen molar-refractivity contribution in [2.45, 2.75) is 32.4 Å². The van der Waals surface area contributed by atoms with Gasteiger partial charge in [0.25, 0.3) is 0 Å². The topological polar surface area (TPSA) is 59.6 Å². The highest BCUT2D eigenvalue weighted by Gasteiger charge is 2.17. The molecule has 1 fully saturated rings. The average molecular weight is 278 g/mol. The first kappa shape index (κ1) is 14.8. The number of ether oxygens (including phenoxy) is 2. The number of rotatable bonds is 2. The first-order valence-corrected chi connectivity index (χ1v) is 6.85. The van der Waals surface area contributed by atoms with Gasteiger partial charge in [0.15, 0.2) is 0 Å². The third kappa shape index (κ3) is 4.51. The third-order valence-electron chi connectivity index (χ3n) is 2.88. The predicted molar refractivity (Wildman–Crippen MR) is 77.9 cm³/mol. The lowest BCUT2D eigenvalue weighted by molar-refractivity contribution is 0.0636. The molecule has 1 unspecified atom stereocenters. The van der Waals surface area contributed by atoms with Gasteiger partial charge in [-0.1, -0.05) is 12.1 Å². The molecule has 1 aliphatic heterocycles. The number of hydrogen-bond donors (Lipinski definition) is 2. The van der Waals surface area contributed by atoms with Gasteiger partial charge in [-0.05, 0) is 38.5 Å². The third-order valence-corrected chi connectivity index (χ3v) is 2.88. The normalized spacial score (nSPS) is 19.4. The van der Waals surface area contributed by atoms with Crippen molar-refractivity contribution in [2.24, 2.45) is 0 Å². The van der Waals surface area contributed by atoms with E-state index < -0.39 is 11.7 Å². The zero-order valence-corrected chi connectivity index (χ0v) is 12.2. The molecule has 0 aromatic heterocycles. The molecule has 2 rings (SSSR count). The molecule has 5 nitrogen and oxygen atoms in total. The van der Waals surface area contributed by atoms with E-state index in [2.05, 4.69) is 10.6 Å². The van der Waals surface area contributed by atoms with Crippen LogP contribution in [0.25, 0.3) is 0 Å². The molecular formula is C15H22N2O3. The summed E-state index contributed by atoms with van der Waals surface area (Å²) in [7, 11) is 0. The summed E-state index contributed by atoms with van der Waals surface area (Å²) >= 11 is 0. The Balaban J connectivity index is 1.92. The summed E-state index contributed by atoms with van der Waals surface area (Å²) in [6.45, 7) is 7.81. The van der Waals surface area contributed by atoms with Crippen molar-refractivity contribution in [3.8, 4) is 0 Å². The summed E-state index contributed by atoms with van der Waals surface area (Å²) in [5, 5.41) is 6.11. The zero-order chi connectivity index (χ0) is 14.6. The van der Waals surface area contributed by atoms with Gasteiger partial charge in [0.1, 0.15) is 5.60 Å². The summed E-state index contributed by atoms with van der Waals surface area (Å²) in [4.78, 5) is 11.6. The van der Waals surface area contributed by atoms with E-state index in [9.17, 15) is 4.79 Å². The summed E-state index contributed by atoms with van der Waals surface area (Å²) in [6, 6.07) is 7.93. The molecule has 20 heavy (non-hydrogen) atoms. The van der Waals surface area contributed by atoms with Gasteiger partial charge < -0.3 is 14.8 Å². The van der Waals surface area contributed by atoms with Crippen molar-refractivity contribution in [2.75, 3.05) is 25.1 Å². The molecule has 1 heterocycles. The number of morpholine rings is 1. The molecule has 0 bridgehead atoms. The smallest absolute Gasteiger partial charge is 0.412 e. The Morgan fingerprint density at radius 1 is 1.35 bits per heavy atom. The fourth-order valence-corrected chi connectivity index (χ4v) is 2.00. The first-order chi connectivity index (χ1) is 9.44.